The van der Waals surface area contributed by atoms with E-state index in [1.807, 2.05) is 33.9 Å². The largest absolute Gasteiger partial charge is 0.472 e. The minimum atomic E-state index is -5.00. The number of aromatic nitrogens is 8. The molecule has 1 saturated carbocycles. The number of fused-ring (bicyclic) bond motifs is 7. The zero-order valence-electron chi connectivity index (χ0n) is 28.9. The Balaban J connectivity index is 1.16. The number of hydrogen-bond donors (Lipinski definition) is 5. The number of anilines is 2. The van der Waals surface area contributed by atoms with Gasteiger partial charge < -0.3 is 44.2 Å². The van der Waals surface area contributed by atoms with Gasteiger partial charge in [0.1, 0.15) is 36.0 Å². The van der Waals surface area contributed by atoms with Crippen LogP contribution in [0.25, 0.3) is 22.3 Å². The summed E-state index contributed by atoms with van der Waals surface area (Å²) in [4.78, 5) is 58.8. The molecule has 4 aromatic rings. The number of nitrogen functional groups attached to an aromatic ring is 2. The summed E-state index contributed by atoms with van der Waals surface area (Å²) in [5.74, 6) is -0.601. The second kappa shape index (κ2) is 12.5. The van der Waals surface area contributed by atoms with E-state index in [-0.39, 0.29) is 44.4 Å². The van der Waals surface area contributed by atoms with Crippen molar-refractivity contribution in [1.29, 1.82) is 0 Å². The Morgan fingerprint density at radius 2 is 1.77 bits per heavy atom. The van der Waals surface area contributed by atoms with Gasteiger partial charge >= 0.3 is 14.5 Å². The summed E-state index contributed by atoms with van der Waals surface area (Å²) in [7, 11) is -7.70. The highest BCUT2D eigenvalue weighted by Gasteiger charge is 2.71. The number of nitrogens with zero attached hydrogens (tertiary/aromatic N) is 7. The van der Waals surface area contributed by atoms with Gasteiger partial charge in [0.25, 0.3) is 5.56 Å². The lowest BCUT2D eigenvalue weighted by atomic mass is 10.1. The van der Waals surface area contributed by atoms with Gasteiger partial charge in [-0.25, -0.2) is 14.5 Å². The van der Waals surface area contributed by atoms with Crippen molar-refractivity contribution in [1.82, 2.24) is 39.0 Å². The van der Waals surface area contributed by atoms with E-state index in [2.05, 4.69) is 29.9 Å². The molecule has 0 aromatic carbocycles. The van der Waals surface area contributed by atoms with Crippen LogP contribution in [0.2, 0.25) is 23.4 Å². The summed E-state index contributed by atoms with van der Waals surface area (Å²) in [6.45, 7) is 4.96. The van der Waals surface area contributed by atoms with Gasteiger partial charge in [0.2, 0.25) is 11.2 Å². The monoisotopic (exact) mass is 834 g/mol. The molecule has 4 aromatic heterocycles. The highest BCUT2D eigenvalue weighted by molar-refractivity contribution is 8.07. The molecular weight excluding hydrogens is 798 g/mol. The number of imidazole rings is 2. The van der Waals surface area contributed by atoms with Crippen molar-refractivity contribution in [3.8, 4) is 0 Å². The van der Waals surface area contributed by atoms with E-state index in [1.54, 1.807) is 4.57 Å². The van der Waals surface area contributed by atoms with E-state index < -0.39 is 90.0 Å². The lowest BCUT2D eigenvalue weighted by Gasteiger charge is -2.40. The predicted molar refractivity (Wildman–Crippen MR) is 192 cm³/mol. The van der Waals surface area contributed by atoms with Crippen molar-refractivity contribution < 1.29 is 46.3 Å². The zero-order chi connectivity index (χ0) is 38.0. The molecule has 1 aliphatic carbocycles. The maximum absolute atomic E-state index is 14.0. The van der Waals surface area contributed by atoms with Crippen LogP contribution >= 0.6 is 26.1 Å². The van der Waals surface area contributed by atoms with Crippen LogP contribution in [0.1, 0.15) is 33.4 Å². The molecule has 21 nitrogen and oxygen atoms in total. The number of phosphoric acid groups is 1. The summed E-state index contributed by atoms with van der Waals surface area (Å²) in [6.07, 6.45) is -3.80. The summed E-state index contributed by atoms with van der Waals surface area (Å²) in [5, 5.41) is -0.442. The Labute approximate surface area is 311 Å². The molecule has 0 radical (unpaired) electrons. The number of hydrogen-bond acceptors (Lipinski definition) is 17. The van der Waals surface area contributed by atoms with E-state index in [1.165, 1.54) is 17.2 Å². The Morgan fingerprint density at radius 3 is 2.51 bits per heavy atom. The average molecular weight is 835 g/mol. The molecule has 4 aliphatic rings. The van der Waals surface area contributed by atoms with E-state index in [9.17, 15) is 19.1 Å². The maximum Gasteiger partial charge on any atom is 0.472 e. The third kappa shape index (κ3) is 6.47. The molecule has 10 atom stereocenters. The quantitative estimate of drug-likeness (QED) is 0.112. The van der Waals surface area contributed by atoms with Crippen LogP contribution in [0.3, 0.4) is 0 Å². The van der Waals surface area contributed by atoms with E-state index in [0.717, 1.165) is 0 Å². The molecule has 3 saturated heterocycles. The summed E-state index contributed by atoms with van der Waals surface area (Å²) in [5.41, 5.74) is 10.7. The summed E-state index contributed by atoms with van der Waals surface area (Å²) in [6, 6.07) is 0. The van der Waals surface area contributed by atoms with Gasteiger partial charge in [-0.1, -0.05) is 20.8 Å². The van der Waals surface area contributed by atoms with Crippen molar-refractivity contribution in [3.63, 3.8) is 0 Å². The lowest BCUT2D eigenvalue weighted by molar-refractivity contribution is -0.0896. The Bertz CT molecular complexity index is 2290. The van der Waals surface area contributed by atoms with Crippen molar-refractivity contribution in [2.75, 3.05) is 24.7 Å². The molecule has 7 heterocycles. The minimum absolute atomic E-state index is 0.00923. The first-order valence-electron chi connectivity index (χ1n) is 16.4. The molecule has 8 rings (SSSR count). The van der Waals surface area contributed by atoms with Gasteiger partial charge in [0, 0.05) is 12.3 Å². The van der Waals surface area contributed by atoms with Crippen LogP contribution in [-0.2, 0) is 54.1 Å². The summed E-state index contributed by atoms with van der Waals surface area (Å²) >= 11 is 11.6. The molecular formula is C27H37ClN10O11P2SSi. The normalized spacial score (nSPS) is 36.5. The van der Waals surface area contributed by atoms with E-state index >= 15 is 0 Å². The standard InChI is InChI=1S/C27H37ClN10O11P2SSi/c1-26(2,3)53(4,5)49-17-12-7-44-51(42,52)48-16-11-6-27(11,38-10-32-14-19(29)33-24(28)34-21(14)38)46-13(16)8-43-50(40,41)47-18(17)23(45-12)37-9-31-15-20(37)35-25(30)36-22(15)39/h9-13,16-18,23H,6-8H2,1-5H3,(H,40,41)(H,42,52)(H2,29,33,34)(H3,30,35,36,39)/t11?,12-,13-,16?,17?,18?,23-,27?,51?/m1/s1. The fourth-order valence-corrected chi connectivity index (χ4v) is 10.7. The molecule has 4 fully saturated rings. The van der Waals surface area contributed by atoms with Gasteiger partial charge in [-0.15, -0.1) is 0 Å². The third-order valence-corrected chi connectivity index (χ3v) is 17.6. The van der Waals surface area contributed by atoms with Crippen LogP contribution in [0.15, 0.2) is 17.4 Å². The highest BCUT2D eigenvalue weighted by Crippen LogP contribution is 2.65. The summed E-state index contributed by atoms with van der Waals surface area (Å²) < 4.78 is 60.2. The van der Waals surface area contributed by atoms with Gasteiger partial charge in [0.15, 0.2) is 42.9 Å². The fourth-order valence-electron chi connectivity index (χ4n) is 6.80. The number of aromatic amines is 1. The molecule has 2 bridgehead atoms. The Morgan fingerprint density at radius 1 is 1.06 bits per heavy atom. The van der Waals surface area contributed by atoms with Crippen molar-refractivity contribution in [3.05, 3.63) is 28.3 Å². The number of ether oxygens (including phenoxy) is 2. The second-order valence-corrected chi connectivity index (χ2v) is 24.1. The molecule has 53 heavy (non-hydrogen) atoms. The van der Waals surface area contributed by atoms with Gasteiger partial charge in [-0.05, 0) is 41.5 Å². The van der Waals surface area contributed by atoms with Gasteiger partial charge in [0.05, 0.1) is 25.9 Å². The zero-order valence-corrected chi connectivity index (χ0v) is 33.2. The molecule has 0 amide bonds. The topological polar surface area (TPSA) is 281 Å². The number of nitrogens with one attached hydrogen (secondary N) is 1. The Hall–Kier alpha value is -2.47. The van der Waals surface area contributed by atoms with Gasteiger partial charge in [-0.3, -0.25) is 28.0 Å². The van der Waals surface area contributed by atoms with Crippen LogP contribution < -0.4 is 17.0 Å². The first-order valence-corrected chi connectivity index (χ1v) is 23.8. The van der Waals surface area contributed by atoms with Crippen molar-refractivity contribution >= 4 is 80.4 Å². The van der Waals surface area contributed by atoms with E-state index in [4.69, 9.17) is 66.9 Å². The molecule has 0 spiro atoms. The highest BCUT2D eigenvalue weighted by atomic mass is 35.5. The van der Waals surface area contributed by atoms with Crippen LogP contribution in [-0.4, -0.2) is 101 Å². The average Bonchev–Trinajstić information content (AvgIpc) is 3.38. The number of H-pyrrole nitrogens is 1. The second-order valence-electron chi connectivity index (χ2n) is 14.8. The first-order chi connectivity index (χ1) is 24.7. The minimum Gasteiger partial charge on any atom is -0.408 e. The third-order valence-electron chi connectivity index (χ3n) is 10.4. The number of rotatable bonds is 4. The molecule has 3 aliphatic heterocycles. The SMILES string of the molecule is CC(C)(C)[Si](C)(C)OC1C2OP(=O)(O)OC[C@H]3OC4(n5cnc6c(N)nc(Cl)nc65)CC4C3OP(O)(=S)OC[C@H]1O[C@H]2n1cnc2c(=O)[nH]c(N)nc21. The van der Waals surface area contributed by atoms with Crippen LogP contribution in [0.5, 0.6) is 0 Å². The van der Waals surface area contributed by atoms with E-state index in [0.29, 0.717) is 6.42 Å². The molecule has 26 heteroatoms. The molecule has 288 valence electrons. The number of nitrogens with two attached hydrogens (primary N) is 2. The van der Waals surface area contributed by atoms with Crippen LogP contribution in [0, 0.1) is 5.92 Å². The smallest absolute Gasteiger partial charge is 0.408 e. The fraction of sp³-hybridized carbons (Fsp3) is 0.630. The molecule has 7 unspecified atom stereocenters. The van der Waals surface area contributed by atoms with Crippen molar-refractivity contribution in [2.24, 2.45) is 5.92 Å². The van der Waals surface area contributed by atoms with Gasteiger partial charge in [-0.2, -0.15) is 15.0 Å². The number of phosphoric ester groups is 1. The lowest BCUT2D eigenvalue weighted by Crippen LogP contribution is -2.50. The van der Waals surface area contributed by atoms with Crippen molar-refractivity contribution in [2.45, 2.75) is 87.8 Å². The maximum atomic E-state index is 14.0. The Kier molecular flexibility index (Phi) is 8.84. The van der Waals surface area contributed by atoms with Crippen LogP contribution in [0.4, 0.5) is 11.8 Å². The number of halogens is 1. The predicted octanol–water partition coefficient (Wildman–Crippen LogP) is 2.27. The molecule has 7 N–H and O–H groups in total. The first kappa shape index (κ1) is 37.5.